The molecule has 0 fully saturated rings. The molecular formula is C9H7ClO3. The molecule has 0 heterocycles. The van der Waals surface area contributed by atoms with Crippen molar-refractivity contribution in [1.29, 1.82) is 0 Å². The maximum atomic E-state index is 10.6. The quantitative estimate of drug-likeness (QED) is 0.594. The number of hydrogen-bond acceptors (Lipinski definition) is 2. The third-order valence-electron chi connectivity index (χ3n) is 1.63. The van der Waals surface area contributed by atoms with E-state index in [1.807, 2.05) is 0 Å². The Morgan fingerprint density at radius 3 is 2.31 bits per heavy atom. The van der Waals surface area contributed by atoms with E-state index in [9.17, 15) is 9.59 Å². The monoisotopic (exact) mass is 198 g/mol. The molecule has 4 heteroatoms. The molecule has 0 saturated carbocycles. The summed E-state index contributed by atoms with van der Waals surface area (Å²) in [6.07, 6.45) is 0.394. The maximum absolute atomic E-state index is 10.6. The van der Waals surface area contributed by atoms with E-state index in [0.29, 0.717) is 16.9 Å². The number of halogens is 1. The number of hydrogen-bond donors (Lipinski definition) is 1. The van der Waals surface area contributed by atoms with Crippen LogP contribution in [-0.4, -0.2) is 17.4 Å². The molecule has 1 N–H and O–H groups in total. The molecule has 0 bridgehead atoms. The van der Waals surface area contributed by atoms with Crippen molar-refractivity contribution in [3.8, 4) is 0 Å². The minimum absolute atomic E-state index is 0.394. The van der Waals surface area contributed by atoms with Crippen molar-refractivity contribution in [2.45, 2.75) is 5.92 Å². The highest BCUT2D eigenvalue weighted by molar-refractivity contribution is 6.30. The van der Waals surface area contributed by atoms with Crippen molar-refractivity contribution in [2.75, 3.05) is 0 Å². The number of carboxylic acids is 1. The normalized spacial score (nSPS) is 12.1. The van der Waals surface area contributed by atoms with Crippen LogP contribution >= 0.6 is 11.6 Å². The van der Waals surface area contributed by atoms with Crippen molar-refractivity contribution in [3.63, 3.8) is 0 Å². The lowest BCUT2D eigenvalue weighted by molar-refractivity contribution is -0.140. The zero-order chi connectivity index (χ0) is 9.84. The van der Waals surface area contributed by atoms with E-state index in [-0.39, 0.29) is 0 Å². The van der Waals surface area contributed by atoms with E-state index in [1.54, 1.807) is 12.1 Å². The second kappa shape index (κ2) is 4.05. The van der Waals surface area contributed by atoms with Crippen LogP contribution in [0.2, 0.25) is 5.02 Å². The summed E-state index contributed by atoms with van der Waals surface area (Å²) >= 11 is 5.60. The van der Waals surface area contributed by atoms with Crippen molar-refractivity contribution in [2.24, 2.45) is 0 Å². The molecule has 1 aromatic carbocycles. The predicted molar refractivity (Wildman–Crippen MR) is 47.9 cm³/mol. The molecule has 0 radical (unpaired) electrons. The molecule has 1 rings (SSSR count). The fourth-order valence-electron chi connectivity index (χ4n) is 0.949. The van der Waals surface area contributed by atoms with Crippen molar-refractivity contribution >= 4 is 23.9 Å². The first-order chi connectivity index (χ1) is 6.15. The molecule has 3 nitrogen and oxygen atoms in total. The number of carbonyl (C=O) groups is 2. The van der Waals surface area contributed by atoms with Gasteiger partial charge in [0.15, 0.2) is 0 Å². The maximum Gasteiger partial charge on any atom is 0.318 e. The van der Waals surface area contributed by atoms with Gasteiger partial charge in [-0.3, -0.25) is 4.79 Å². The molecule has 1 unspecified atom stereocenters. The third kappa shape index (κ3) is 2.29. The summed E-state index contributed by atoms with van der Waals surface area (Å²) < 4.78 is 0. The highest BCUT2D eigenvalue weighted by Gasteiger charge is 2.17. The summed E-state index contributed by atoms with van der Waals surface area (Å²) in [4.78, 5) is 21.0. The van der Waals surface area contributed by atoms with Gasteiger partial charge < -0.3 is 9.90 Å². The van der Waals surface area contributed by atoms with E-state index in [4.69, 9.17) is 16.7 Å². The summed E-state index contributed by atoms with van der Waals surface area (Å²) in [5.41, 5.74) is 0.437. The first kappa shape index (κ1) is 9.74. The van der Waals surface area contributed by atoms with Gasteiger partial charge in [-0.15, -0.1) is 0 Å². The van der Waals surface area contributed by atoms with Gasteiger partial charge >= 0.3 is 5.97 Å². The molecule has 1 atom stereocenters. The van der Waals surface area contributed by atoms with Crippen LogP contribution in [0.3, 0.4) is 0 Å². The lowest BCUT2D eigenvalue weighted by Crippen LogP contribution is -2.12. The standard InChI is InChI=1S/C9H7ClO3/c10-7-3-1-6(2-4-7)8(5-11)9(12)13/h1-5,8H,(H,12,13). The zero-order valence-corrected chi connectivity index (χ0v) is 7.36. The number of carbonyl (C=O) groups excluding carboxylic acids is 1. The highest BCUT2D eigenvalue weighted by atomic mass is 35.5. The molecule has 0 amide bonds. The summed E-state index contributed by atoms with van der Waals surface area (Å²) in [7, 11) is 0. The number of rotatable bonds is 3. The van der Waals surface area contributed by atoms with Gasteiger partial charge in [-0.05, 0) is 17.7 Å². The molecule has 0 aliphatic carbocycles. The van der Waals surface area contributed by atoms with Gasteiger partial charge in [0.2, 0.25) is 0 Å². The highest BCUT2D eigenvalue weighted by Crippen LogP contribution is 2.16. The zero-order valence-electron chi connectivity index (χ0n) is 6.61. The van der Waals surface area contributed by atoms with Crippen LogP contribution < -0.4 is 0 Å². The van der Waals surface area contributed by atoms with Gasteiger partial charge in [-0.2, -0.15) is 0 Å². The van der Waals surface area contributed by atoms with Crippen LogP contribution in [0.4, 0.5) is 0 Å². The Labute approximate surface area is 79.9 Å². The number of aliphatic carboxylic acids is 1. The van der Waals surface area contributed by atoms with E-state index >= 15 is 0 Å². The van der Waals surface area contributed by atoms with Crippen molar-refractivity contribution < 1.29 is 14.7 Å². The van der Waals surface area contributed by atoms with Crippen LogP contribution in [0.15, 0.2) is 24.3 Å². The second-order valence-corrected chi connectivity index (χ2v) is 2.94. The van der Waals surface area contributed by atoms with Crippen molar-refractivity contribution in [1.82, 2.24) is 0 Å². The Balaban J connectivity index is 2.99. The topological polar surface area (TPSA) is 54.4 Å². The van der Waals surface area contributed by atoms with Crippen molar-refractivity contribution in [3.05, 3.63) is 34.9 Å². The van der Waals surface area contributed by atoms with Crippen LogP contribution in [-0.2, 0) is 9.59 Å². The Morgan fingerprint density at radius 1 is 1.38 bits per heavy atom. The lowest BCUT2D eigenvalue weighted by Gasteiger charge is -2.04. The summed E-state index contributed by atoms with van der Waals surface area (Å²) in [6, 6.07) is 6.15. The molecule has 0 aliphatic heterocycles. The molecule has 0 aliphatic rings. The molecule has 0 saturated heterocycles. The van der Waals surface area contributed by atoms with Gasteiger partial charge in [0.1, 0.15) is 12.2 Å². The second-order valence-electron chi connectivity index (χ2n) is 2.50. The van der Waals surface area contributed by atoms with Crippen LogP contribution in [0.5, 0.6) is 0 Å². The molecular weight excluding hydrogens is 192 g/mol. The number of benzene rings is 1. The third-order valence-corrected chi connectivity index (χ3v) is 1.88. The minimum Gasteiger partial charge on any atom is -0.480 e. The fourth-order valence-corrected chi connectivity index (χ4v) is 1.08. The average Bonchev–Trinajstić information content (AvgIpc) is 2.09. The minimum atomic E-state index is -1.16. The van der Waals surface area contributed by atoms with Crippen LogP contribution in [0, 0.1) is 0 Å². The largest absolute Gasteiger partial charge is 0.480 e. The van der Waals surface area contributed by atoms with E-state index < -0.39 is 11.9 Å². The van der Waals surface area contributed by atoms with E-state index in [0.717, 1.165) is 0 Å². The smallest absolute Gasteiger partial charge is 0.318 e. The SMILES string of the molecule is O=CC(C(=O)O)c1ccc(Cl)cc1. The van der Waals surface area contributed by atoms with E-state index in [1.165, 1.54) is 12.1 Å². The molecule has 68 valence electrons. The summed E-state index contributed by atoms with van der Waals surface area (Å²) in [6.45, 7) is 0. The molecule has 0 aromatic heterocycles. The van der Waals surface area contributed by atoms with Crippen LogP contribution in [0.25, 0.3) is 0 Å². The number of aldehydes is 1. The van der Waals surface area contributed by atoms with E-state index in [2.05, 4.69) is 0 Å². The molecule has 1 aromatic rings. The number of carboxylic acid groups (broad SMARTS) is 1. The Morgan fingerprint density at radius 2 is 1.92 bits per heavy atom. The molecule has 0 spiro atoms. The van der Waals surface area contributed by atoms with Gasteiger partial charge in [0.05, 0.1) is 0 Å². The van der Waals surface area contributed by atoms with Gasteiger partial charge in [0.25, 0.3) is 0 Å². The van der Waals surface area contributed by atoms with Gasteiger partial charge in [-0.25, -0.2) is 0 Å². The Bertz CT molecular complexity index is 318. The average molecular weight is 199 g/mol. The summed E-state index contributed by atoms with van der Waals surface area (Å²) in [5.74, 6) is -2.26. The van der Waals surface area contributed by atoms with Crippen LogP contribution in [0.1, 0.15) is 11.5 Å². The first-order valence-electron chi connectivity index (χ1n) is 3.58. The van der Waals surface area contributed by atoms with Gasteiger partial charge in [0, 0.05) is 5.02 Å². The first-order valence-corrected chi connectivity index (χ1v) is 3.96. The Kier molecular flexibility index (Phi) is 3.03. The summed E-state index contributed by atoms with van der Waals surface area (Å²) in [5, 5.41) is 9.14. The molecule has 13 heavy (non-hydrogen) atoms. The lowest BCUT2D eigenvalue weighted by atomic mass is 10.0. The Hall–Kier alpha value is -1.35. The van der Waals surface area contributed by atoms with Gasteiger partial charge in [-0.1, -0.05) is 23.7 Å². The fraction of sp³-hybridized carbons (Fsp3) is 0.111. The predicted octanol–water partition coefficient (Wildman–Crippen LogP) is 1.71.